The van der Waals surface area contributed by atoms with Gasteiger partial charge in [-0.15, -0.1) is 0 Å². The minimum atomic E-state index is -4.69. The number of anilines is 1. The van der Waals surface area contributed by atoms with Crippen molar-refractivity contribution in [1.82, 2.24) is 18.4 Å². The Kier molecular flexibility index (Phi) is 5.18. The van der Waals surface area contributed by atoms with Crippen LogP contribution in [-0.4, -0.2) is 62.1 Å². The number of aromatic hydroxyl groups is 1. The third kappa shape index (κ3) is 4.54. The average molecular weight is 371 g/mol. The zero-order valence-electron chi connectivity index (χ0n) is 12.0. The second-order valence-corrected chi connectivity index (χ2v) is 7.92. The number of aromatic amines is 1. The number of carbonyl (C=O) groups excluding carboxylic acids is 1. The van der Waals surface area contributed by atoms with E-state index < -0.39 is 49.4 Å². The van der Waals surface area contributed by atoms with E-state index in [1.807, 2.05) is 10.3 Å². The molecule has 13 nitrogen and oxygen atoms in total. The van der Waals surface area contributed by atoms with Crippen LogP contribution in [0.15, 0.2) is 4.79 Å². The molecule has 0 spiro atoms. The van der Waals surface area contributed by atoms with Crippen LogP contribution in [-0.2, 0) is 20.2 Å². The van der Waals surface area contributed by atoms with Gasteiger partial charge < -0.3 is 9.84 Å². The Balaban J connectivity index is 2.98. The van der Waals surface area contributed by atoms with Gasteiger partial charge in [0.15, 0.2) is 0 Å². The number of nitrogens with one attached hydrogen (secondary N) is 3. The molecule has 130 valence electrons. The van der Waals surface area contributed by atoms with Gasteiger partial charge in [0.1, 0.15) is 0 Å². The first-order valence-electron chi connectivity index (χ1n) is 5.53. The third-order valence-electron chi connectivity index (χ3n) is 2.32. The van der Waals surface area contributed by atoms with Crippen molar-refractivity contribution in [3.8, 4) is 11.6 Å². The molecule has 1 aromatic rings. The van der Waals surface area contributed by atoms with E-state index in [9.17, 15) is 31.5 Å². The Bertz CT molecular complexity index is 874. The number of aromatic nitrogens is 2. The van der Waals surface area contributed by atoms with Crippen LogP contribution in [0.25, 0.3) is 0 Å². The Morgan fingerprint density at radius 3 is 2.39 bits per heavy atom. The van der Waals surface area contributed by atoms with Gasteiger partial charge in [-0.25, -0.2) is 17.9 Å². The van der Waals surface area contributed by atoms with Crippen LogP contribution in [0.2, 0.25) is 0 Å². The predicted octanol–water partition coefficient (Wildman–Crippen LogP) is -2.26. The minimum absolute atomic E-state index is 0.0623. The largest absolute Gasteiger partial charge is 0.499 e. The highest BCUT2D eigenvalue weighted by atomic mass is 32.3. The number of urea groups is 1. The molecule has 0 aromatic carbocycles. The van der Waals surface area contributed by atoms with Gasteiger partial charge in [-0.3, -0.25) is 15.1 Å². The Labute approximate surface area is 130 Å². The molecule has 0 bridgehead atoms. The molecule has 0 unspecified atom stereocenters. The summed E-state index contributed by atoms with van der Waals surface area (Å²) in [7, 11) is -7.00. The SMILES string of the molecule is COc1nc(NC(=O)NS(=O)(=O)N(C)S(C)(=O)=O)[nH]c(=O)c1O. The molecule has 15 heteroatoms. The first-order chi connectivity index (χ1) is 10.4. The van der Waals surface area contributed by atoms with E-state index in [1.54, 1.807) is 0 Å². The standard InChI is InChI=1S/C8H13N5O8S2/c1-13(22(3,17)18)23(19,20)12-8(16)11-7-9-5(15)4(14)6(10-7)21-2/h14H,1-3H3,(H3,9,10,11,12,15,16). The topological polar surface area (TPSA) is 188 Å². The van der Waals surface area contributed by atoms with Gasteiger partial charge in [-0.1, -0.05) is 3.71 Å². The summed E-state index contributed by atoms with van der Waals surface area (Å²) in [5, 5.41) is 11.1. The number of H-pyrrole nitrogens is 1. The van der Waals surface area contributed by atoms with Crippen LogP contribution in [0.1, 0.15) is 0 Å². The van der Waals surface area contributed by atoms with Crippen LogP contribution in [0.5, 0.6) is 11.6 Å². The summed E-state index contributed by atoms with van der Waals surface area (Å²) in [5.41, 5.74) is -1.05. The molecule has 2 amide bonds. The molecular weight excluding hydrogens is 358 g/mol. The Hall–Kier alpha value is -2.39. The summed E-state index contributed by atoms with van der Waals surface area (Å²) < 4.78 is 51.5. The minimum Gasteiger partial charge on any atom is -0.499 e. The molecule has 1 aromatic heterocycles. The van der Waals surface area contributed by atoms with E-state index in [1.165, 1.54) is 4.72 Å². The number of nitrogens with zero attached hydrogens (tertiary/aromatic N) is 2. The summed E-state index contributed by atoms with van der Waals surface area (Å²) in [5.74, 6) is -1.90. The van der Waals surface area contributed by atoms with E-state index >= 15 is 0 Å². The summed E-state index contributed by atoms with van der Waals surface area (Å²) in [4.78, 5) is 28.3. The number of rotatable bonds is 5. The number of carbonyl (C=O) groups is 1. The first-order valence-corrected chi connectivity index (χ1v) is 8.82. The van der Waals surface area contributed by atoms with Crippen molar-refractivity contribution in [2.45, 2.75) is 0 Å². The molecule has 0 atom stereocenters. The van der Waals surface area contributed by atoms with Gasteiger partial charge in [-0.2, -0.15) is 13.4 Å². The van der Waals surface area contributed by atoms with Crippen molar-refractivity contribution in [3.05, 3.63) is 10.4 Å². The predicted molar refractivity (Wildman–Crippen MR) is 76.8 cm³/mol. The van der Waals surface area contributed by atoms with Crippen LogP contribution in [0.4, 0.5) is 10.7 Å². The normalized spacial score (nSPS) is 12.0. The number of hydrogen-bond donors (Lipinski definition) is 4. The molecule has 0 aliphatic carbocycles. The second kappa shape index (κ2) is 6.39. The highest BCUT2D eigenvalue weighted by molar-refractivity contribution is 8.03. The lowest BCUT2D eigenvalue weighted by Crippen LogP contribution is -2.45. The fraction of sp³-hybridized carbons (Fsp3) is 0.375. The maximum atomic E-state index is 11.6. The molecule has 1 rings (SSSR count). The highest BCUT2D eigenvalue weighted by Crippen LogP contribution is 2.17. The van der Waals surface area contributed by atoms with Crippen LogP contribution < -0.4 is 20.3 Å². The number of sulfonamides is 1. The number of amides is 2. The van der Waals surface area contributed by atoms with Crippen LogP contribution >= 0.6 is 0 Å². The zero-order chi connectivity index (χ0) is 18.0. The lowest BCUT2D eigenvalue weighted by atomic mass is 10.5. The maximum Gasteiger partial charge on any atom is 0.336 e. The molecule has 0 saturated heterocycles. The highest BCUT2D eigenvalue weighted by Gasteiger charge is 2.28. The van der Waals surface area contributed by atoms with Gasteiger partial charge in [0.2, 0.25) is 21.7 Å². The molecule has 0 aliphatic rings. The fourth-order valence-electron chi connectivity index (χ4n) is 1.14. The molecule has 0 radical (unpaired) electrons. The van der Waals surface area contributed by atoms with Gasteiger partial charge >= 0.3 is 16.2 Å². The summed E-state index contributed by atoms with van der Waals surface area (Å²) in [6.07, 6.45) is 0.619. The second-order valence-electron chi connectivity index (χ2n) is 3.98. The summed E-state index contributed by atoms with van der Waals surface area (Å²) in [6, 6.07) is -1.41. The number of methoxy groups -OCH3 is 1. The van der Waals surface area contributed by atoms with Crippen molar-refractivity contribution < 1.29 is 31.5 Å². The Morgan fingerprint density at radius 1 is 1.35 bits per heavy atom. The first kappa shape index (κ1) is 18.7. The molecule has 1 heterocycles. The molecule has 0 saturated carbocycles. The van der Waals surface area contributed by atoms with Crippen molar-refractivity contribution in [2.75, 3.05) is 25.7 Å². The number of hydrogen-bond acceptors (Lipinski definition) is 9. The molecule has 23 heavy (non-hydrogen) atoms. The fourth-order valence-corrected chi connectivity index (χ4v) is 3.09. The van der Waals surface area contributed by atoms with E-state index in [4.69, 9.17) is 0 Å². The van der Waals surface area contributed by atoms with Gasteiger partial charge in [0.05, 0.1) is 13.4 Å². The van der Waals surface area contributed by atoms with E-state index in [-0.39, 0.29) is 3.71 Å². The Morgan fingerprint density at radius 2 is 1.91 bits per heavy atom. The molecule has 0 aliphatic heterocycles. The van der Waals surface area contributed by atoms with E-state index in [2.05, 4.69) is 9.72 Å². The van der Waals surface area contributed by atoms with Crippen LogP contribution in [0.3, 0.4) is 0 Å². The smallest absolute Gasteiger partial charge is 0.336 e. The van der Waals surface area contributed by atoms with E-state index in [0.717, 1.165) is 7.11 Å². The summed E-state index contributed by atoms with van der Waals surface area (Å²) in [6.45, 7) is 0. The molecule has 4 N–H and O–H groups in total. The summed E-state index contributed by atoms with van der Waals surface area (Å²) >= 11 is 0. The lowest BCUT2D eigenvalue weighted by molar-refractivity contribution is 0.256. The van der Waals surface area contributed by atoms with Crippen molar-refractivity contribution in [3.63, 3.8) is 0 Å². The monoisotopic (exact) mass is 371 g/mol. The number of ether oxygens (including phenoxy) is 1. The maximum absolute atomic E-state index is 11.6. The van der Waals surface area contributed by atoms with Crippen molar-refractivity contribution in [1.29, 1.82) is 0 Å². The van der Waals surface area contributed by atoms with Gasteiger partial charge in [0.25, 0.3) is 11.4 Å². The van der Waals surface area contributed by atoms with Crippen molar-refractivity contribution in [2.24, 2.45) is 0 Å². The van der Waals surface area contributed by atoms with Crippen molar-refractivity contribution >= 4 is 32.2 Å². The zero-order valence-corrected chi connectivity index (χ0v) is 13.6. The van der Waals surface area contributed by atoms with E-state index in [0.29, 0.717) is 13.3 Å². The third-order valence-corrected chi connectivity index (χ3v) is 5.77. The average Bonchev–Trinajstić information content (AvgIpc) is 2.39. The lowest BCUT2D eigenvalue weighted by Gasteiger charge is -2.15. The van der Waals surface area contributed by atoms with Crippen LogP contribution in [0, 0.1) is 0 Å². The molecular formula is C8H13N5O8S2. The molecule has 0 fully saturated rings. The van der Waals surface area contributed by atoms with Gasteiger partial charge in [0, 0.05) is 7.05 Å². The quantitative estimate of drug-likeness (QED) is 0.443. The van der Waals surface area contributed by atoms with Gasteiger partial charge in [-0.05, 0) is 0 Å².